The number of nitrogens with zero attached hydrogens (tertiary/aromatic N) is 3. The van der Waals surface area contributed by atoms with Crippen LogP contribution >= 0.6 is 27.5 Å². The number of hydrogen-bond acceptors (Lipinski definition) is 3. The van der Waals surface area contributed by atoms with Gasteiger partial charge in [-0.25, -0.2) is 4.98 Å². The fraction of sp³-hybridized carbons (Fsp3) is 0.312. The molecule has 5 heteroatoms. The predicted molar refractivity (Wildman–Crippen MR) is 92.7 cm³/mol. The first-order valence-corrected chi connectivity index (χ1v) is 8.53. The van der Waals surface area contributed by atoms with Gasteiger partial charge in [0, 0.05) is 54.0 Å². The molecule has 1 saturated heterocycles. The maximum Gasteiger partial charge on any atom is 0.132 e. The molecule has 1 aromatic heterocycles. The Kier molecular flexibility index (Phi) is 4.66. The SMILES string of the molecule is Clc1cccc(N2CCN(c3ncccc3CBr)CC2)c1. The Balaban J connectivity index is 1.70. The van der Waals surface area contributed by atoms with Crippen LogP contribution in [0, 0.1) is 0 Å². The Morgan fingerprint density at radius 2 is 1.81 bits per heavy atom. The van der Waals surface area contributed by atoms with Crippen molar-refractivity contribution in [2.24, 2.45) is 0 Å². The number of benzene rings is 1. The van der Waals surface area contributed by atoms with Gasteiger partial charge in [-0.2, -0.15) is 0 Å². The van der Waals surface area contributed by atoms with Crippen molar-refractivity contribution >= 4 is 39.0 Å². The third-order valence-corrected chi connectivity index (χ3v) is 4.60. The summed E-state index contributed by atoms with van der Waals surface area (Å²) in [5.41, 5.74) is 2.44. The van der Waals surface area contributed by atoms with Crippen molar-refractivity contribution in [2.45, 2.75) is 5.33 Å². The fourth-order valence-corrected chi connectivity index (χ4v) is 3.29. The van der Waals surface area contributed by atoms with Crippen LogP contribution in [0.5, 0.6) is 0 Å². The highest BCUT2D eigenvalue weighted by Gasteiger charge is 2.20. The van der Waals surface area contributed by atoms with Crippen molar-refractivity contribution in [1.82, 2.24) is 4.98 Å². The molecular weight excluding hydrogens is 350 g/mol. The Bertz CT molecular complexity index is 612. The van der Waals surface area contributed by atoms with Gasteiger partial charge < -0.3 is 9.80 Å². The van der Waals surface area contributed by atoms with Crippen LogP contribution in [0.3, 0.4) is 0 Å². The second kappa shape index (κ2) is 6.67. The van der Waals surface area contributed by atoms with Crippen LogP contribution in [-0.2, 0) is 5.33 Å². The maximum absolute atomic E-state index is 6.08. The molecule has 0 spiro atoms. The van der Waals surface area contributed by atoms with Gasteiger partial charge in [-0.15, -0.1) is 0 Å². The molecule has 1 aliphatic heterocycles. The van der Waals surface area contributed by atoms with Crippen LogP contribution in [0.2, 0.25) is 5.02 Å². The van der Waals surface area contributed by atoms with Crippen LogP contribution < -0.4 is 9.80 Å². The zero-order valence-corrected chi connectivity index (χ0v) is 14.0. The molecule has 1 aliphatic rings. The zero-order chi connectivity index (χ0) is 14.7. The van der Waals surface area contributed by atoms with Gasteiger partial charge in [0.2, 0.25) is 0 Å². The lowest BCUT2D eigenvalue weighted by molar-refractivity contribution is 0.646. The second-order valence-corrected chi connectivity index (χ2v) is 6.07. The van der Waals surface area contributed by atoms with E-state index in [1.807, 2.05) is 30.5 Å². The molecule has 2 heterocycles. The highest BCUT2D eigenvalue weighted by atomic mass is 79.9. The van der Waals surface area contributed by atoms with Gasteiger partial charge in [0.05, 0.1) is 0 Å². The van der Waals surface area contributed by atoms with Gasteiger partial charge in [0.1, 0.15) is 5.82 Å². The van der Waals surface area contributed by atoms with Gasteiger partial charge in [0.25, 0.3) is 0 Å². The normalized spacial score (nSPS) is 15.3. The van der Waals surface area contributed by atoms with Crippen molar-refractivity contribution in [3.05, 3.63) is 53.2 Å². The first-order chi connectivity index (χ1) is 10.3. The van der Waals surface area contributed by atoms with Gasteiger partial charge in [-0.05, 0) is 24.3 Å². The standard InChI is InChI=1S/C16H17BrClN3/c17-12-13-3-2-6-19-16(13)21-9-7-20(8-10-21)15-5-1-4-14(18)11-15/h1-6,11H,7-10,12H2. The third kappa shape index (κ3) is 3.33. The van der Waals surface area contributed by atoms with E-state index >= 15 is 0 Å². The van der Waals surface area contributed by atoms with E-state index < -0.39 is 0 Å². The Morgan fingerprint density at radius 1 is 1.05 bits per heavy atom. The van der Waals surface area contributed by atoms with Crippen molar-refractivity contribution in [3.8, 4) is 0 Å². The lowest BCUT2D eigenvalue weighted by atomic mass is 10.2. The minimum absolute atomic E-state index is 0.793. The summed E-state index contributed by atoms with van der Waals surface area (Å²) in [5, 5.41) is 1.63. The molecule has 0 saturated carbocycles. The highest BCUT2D eigenvalue weighted by Crippen LogP contribution is 2.24. The van der Waals surface area contributed by atoms with E-state index in [-0.39, 0.29) is 0 Å². The van der Waals surface area contributed by atoms with Gasteiger partial charge in [-0.1, -0.05) is 39.7 Å². The lowest BCUT2D eigenvalue weighted by Gasteiger charge is -2.37. The predicted octanol–water partition coefficient (Wildman–Crippen LogP) is 3.96. The number of halogens is 2. The van der Waals surface area contributed by atoms with E-state index in [2.05, 4.69) is 42.8 Å². The molecule has 21 heavy (non-hydrogen) atoms. The summed E-state index contributed by atoms with van der Waals surface area (Å²) < 4.78 is 0. The quantitative estimate of drug-likeness (QED) is 0.767. The number of alkyl halides is 1. The summed E-state index contributed by atoms with van der Waals surface area (Å²) in [6, 6.07) is 12.2. The minimum atomic E-state index is 0.793. The Labute approximate surface area is 138 Å². The van der Waals surface area contributed by atoms with E-state index in [1.54, 1.807) is 0 Å². The van der Waals surface area contributed by atoms with Crippen molar-refractivity contribution in [1.29, 1.82) is 0 Å². The molecule has 1 aromatic carbocycles. The number of aromatic nitrogens is 1. The minimum Gasteiger partial charge on any atom is -0.368 e. The molecule has 3 rings (SSSR count). The molecule has 2 aromatic rings. The third-order valence-electron chi connectivity index (χ3n) is 3.76. The van der Waals surface area contributed by atoms with Crippen molar-refractivity contribution in [3.63, 3.8) is 0 Å². The van der Waals surface area contributed by atoms with E-state index in [4.69, 9.17) is 11.6 Å². The fourth-order valence-electron chi connectivity index (χ4n) is 2.67. The Morgan fingerprint density at radius 3 is 2.52 bits per heavy atom. The smallest absolute Gasteiger partial charge is 0.132 e. The van der Waals surface area contributed by atoms with E-state index in [9.17, 15) is 0 Å². The molecule has 0 atom stereocenters. The van der Waals surface area contributed by atoms with Crippen LogP contribution in [0.4, 0.5) is 11.5 Å². The molecule has 0 unspecified atom stereocenters. The van der Waals surface area contributed by atoms with E-state index in [0.29, 0.717) is 0 Å². The average Bonchev–Trinajstić information content (AvgIpc) is 2.55. The summed E-state index contributed by atoms with van der Waals surface area (Å²) in [7, 11) is 0. The molecule has 0 amide bonds. The lowest BCUT2D eigenvalue weighted by Crippen LogP contribution is -2.47. The first kappa shape index (κ1) is 14.7. The van der Waals surface area contributed by atoms with Crippen molar-refractivity contribution in [2.75, 3.05) is 36.0 Å². The summed E-state index contributed by atoms with van der Waals surface area (Å²) in [6.45, 7) is 3.92. The molecular formula is C16H17BrClN3. The second-order valence-electron chi connectivity index (χ2n) is 5.07. The van der Waals surface area contributed by atoms with Gasteiger partial charge >= 0.3 is 0 Å². The number of hydrogen-bond donors (Lipinski definition) is 0. The average molecular weight is 367 g/mol. The van der Waals surface area contributed by atoms with Crippen molar-refractivity contribution < 1.29 is 0 Å². The van der Waals surface area contributed by atoms with E-state index in [1.165, 1.54) is 11.3 Å². The highest BCUT2D eigenvalue weighted by molar-refractivity contribution is 9.08. The summed E-state index contributed by atoms with van der Waals surface area (Å²) in [6.07, 6.45) is 1.87. The molecule has 110 valence electrons. The number of anilines is 2. The Hall–Kier alpha value is -1.26. The van der Waals surface area contributed by atoms with Crippen LogP contribution in [0.25, 0.3) is 0 Å². The summed E-state index contributed by atoms with van der Waals surface area (Å²) in [5.74, 6) is 1.10. The topological polar surface area (TPSA) is 19.4 Å². The maximum atomic E-state index is 6.08. The molecule has 1 fully saturated rings. The van der Waals surface area contributed by atoms with Crippen LogP contribution in [0.1, 0.15) is 5.56 Å². The number of piperazine rings is 1. The largest absolute Gasteiger partial charge is 0.368 e. The molecule has 0 aliphatic carbocycles. The monoisotopic (exact) mass is 365 g/mol. The molecule has 0 bridgehead atoms. The number of pyridine rings is 1. The zero-order valence-electron chi connectivity index (χ0n) is 11.7. The van der Waals surface area contributed by atoms with Gasteiger partial charge in [-0.3, -0.25) is 0 Å². The molecule has 0 N–H and O–H groups in total. The summed E-state index contributed by atoms with van der Waals surface area (Å²) in [4.78, 5) is 9.27. The van der Waals surface area contributed by atoms with Crippen LogP contribution in [-0.4, -0.2) is 31.2 Å². The molecule has 3 nitrogen and oxygen atoms in total. The first-order valence-electron chi connectivity index (χ1n) is 7.03. The molecule has 0 radical (unpaired) electrons. The van der Waals surface area contributed by atoms with Crippen LogP contribution in [0.15, 0.2) is 42.6 Å². The van der Waals surface area contributed by atoms with E-state index in [0.717, 1.165) is 42.3 Å². The van der Waals surface area contributed by atoms with Gasteiger partial charge in [0.15, 0.2) is 0 Å². The summed E-state index contributed by atoms with van der Waals surface area (Å²) >= 11 is 9.62. The number of rotatable bonds is 3.